The number of nitrogens with one attached hydrogen (secondary N) is 3. The zero-order valence-corrected chi connectivity index (χ0v) is 16.1. The Morgan fingerprint density at radius 2 is 1.86 bits per heavy atom. The van der Waals surface area contributed by atoms with Gasteiger partial charge in [0.25, 0.3) is 0 Å². The number of rotatable bonds is 6. The Hall–Kier alpha value is -3.02. The molecule has 0 aliphatic heterocycles. The predicted octanol–water partition coefficient (Wildman–Crippen LogP) is 3.86. The number of ether oxygens (including phenoxy) is 1. The summed E-state index contributed by atoms with van der Waals surface area (Å²) in [7, 11) is 1.65. The summed E-state index contributed by atoms with van der Waals surface area (Å²) in [4.78, 5) is 20.5. The molecule has 0 unspecified atom stereocenters. The Bertz CT molecular complexity index is 911. The molecule has 1 aromatic heterocycles. The number of nitrogens with zero attached hydrogens (tertiary/aromatic N) is 1. The summed E-state index contributed by atoms with van der Waals surface area (Å²) in [6.07, 6.45) is 3.69. The van der Waals surface area contributed by atoms with Gasteiger partial charge in [-0.2, -0.15) is 0 Å². The van der Waals surface area contributed by atoms with Crippen molar-refractivity contribution in [2.75, 3.05) is 12.4 Å². The zero-order valence-electron chi connectivity index (χ0n) is 16.1. The highest BCUT2D eigenvalue weighted by Crippen LogP contribution is 2.27. The molecule has 6 nitrogen and oxygen atoms in total. The number of fused-ring (bicyclic) bond motifs is 1. The van der Waals surface area contributed by atoms with Crippen LogP contribution < -0.4 is 15.4 Å². The van der Waals surface area contributed by atoms with E-state index in [1.807, 2.05) is 48.5 Å². The molecule has 0 spiro atoms. The number of amides is 1. The van der Waals surface area contributed by atoms with E-state index in [1.54, 1.807) is 7.11 Å². The quantitative estimate of drug-likeness (QED) is 0.609. The summed E-state index contributed by atoms with van der Waals surface area (Å²) >= 11 is 0. The van der Waals surface area contributed by atoms with Crippen molar-refractivity contribution in [2.24, 2.45) is 5.92 Å². The number of para-hydroxylation sites is 3. The lowest BCUT2D eigenvalue weighted by molar-refractivity contribution is -0.126. The molecule has 1 saturated carbocycles. The fourth-order valence-electron chi connectivity index (χ4n) is 3.89. The first-order chi connectivity index (χ1) is 13.7. The van der Waals surface area contributed by atoms with Gasteiger partial charge < -0.3 is 20.4 Å². The number of methoxy groups -OCH3 is 1. The predicted molar refractivity (Wildman–Crippen MR) is 110 cm³/mol. The van der Waals surface area contributed by atoms with Crippen LogP contribution in [0.5, 0.6) is 5.75 Å². The number of aromatic nitrogens is 2. The maximum Gasteiger partial charge on any atom is 0.223 e. The number of anilines is 1. The van der Waals surface area contributed by atoms with Crippen LogP contribution in [0.15, 0.2) is 48.5 Å². The Morgan fingerprint density at radius 1 is 1.11 bits per heavy atom. The third-order valence-electron chi connectivity index (χ3n) is 5.47. The lowest BCUT2D eigenvalue weighted by Gasteiger charge is -2.28. The monoisotopic (exact) mass is 378 g/mol. The van der Waals surface area contributed by atoms with E-state index in [0.717, 1.165) is 54.0 Å². The van der Waals surface area contributed by atoms with Gasteiger partial charge in [0.15, 0.2) is 0 Å². The average molecular weight is 378 g/mol. The number of carbonyl (C=O) groups excluding carboxylic acids is 1. The molecule has 1 aliphatic rings. The number of imidazole rings is 1. The molecule has 0 atom stereocenters. The lowest BCUT2D eigenvalue weighted by Crippen LogP contribution is -2.35. The number of carbonyl (C=O) groups is 1. The van der Waals surface area contributed by atoms with Crippen LogP contribution in [-0.2, 0) is 11.3 Å². The second kappa shape index (κ2) is 8.33. The highest BCUT2D eigenvalue weighted by molar-refractivity contribution is 5.79. The fraction of sp³-hybridized carbons (Fsp3) is 0.364. The SMILES string of the molecule is COc1ccccc1CNC(=O)[C@H]1CC[C@H](Nc2nc3ccccc3[nH]2)CC1. The minimum absolute atomic E-state index is 0.0726. The average Bonchev–Trinajstić information content (AvgIpc) is 3.15. The van der Waals surface area contributed by atoms with Gasteiger partial charge in [0.2, 0.25) is 11.9 Å². The number of H-pyrrole nitrogens is 1. The van der Waals surface area contributed by atoms with Gasteiger partial charge in [-0.15, -0.1) is 0 Å². The van der Waals surface area contributed by atoms with Crippen molar-refractivity contribution in [1.82, 2.24) is 15.3 Å². The van der Waals surface area contributed by atoms with Crippen LogP contribution >= 0.6 is 0 Å². The van der Waals surface area contributed by atoms with Crippen molar-refractivity contribution in [3.8, 4) is 5.75 Å². The van der Waals surface area contributed by atoms with E-state index < -0.39 is 0 Å². The summed E-state index contributed by atoms with van der Waals surface area (Å²) < 4.78 is 5.35. The van der Waals surface area contributed by atoms with Crippen molar-refractivity contribution in [2.45, 2.75) is 38.3 Å². The van der Waals surface area contributed by atoms with Gasteiger partial charge >= 0.3 is 0 Å². The first-order valence-corrected chi connectivity index (χ1v) is 9.84. The summed E-state index contributed by atoms with van der Waals surface area (Å²) in [5.41, 5.74) is 3.00. The smallest absolute Gasteiger partial charge is 0.223 e. The molecule has 4 rings (SSSR count). The molecule has 3 aromatic rings. The minimum atomic E-state index is 0.0726. The normalized spacial score (nSPS) is 19.3. The number of benzene rings is 2. The van der Waals surface area contributed by atoms with Crippen LogP contribution in [0, 0.1) is 5.92 Å². The Morgan fingerprint density at radius 3 is 2.64 bits per heavy atom. The Balaban J connectivity index is 1.27. The van der Waals surface area contributed by atoms with E-state index in [-0.39, 0.29) is 11.8 Å². The van der Waals surface area contributed by atoms with Crippen molar-refractivity contribution in [3.05, 3.63) is 54.1 Å². The van der Waals surface area contributed by atoms with E-state index in [1.165, 1.54) is 0 Å². The molecule has 0 saturated heterocycles. The van der Waals surface area contributed by atoms with Crippen LogP contribution in [0.3, 0.4) is 0 Å². The Kier molecular flexibility index (Phi) is 5.46. The van der Waals surface area contributed by atoms with E-state index in [2.05, 4.69) is 20.6 Å². The number of hydrogen-bond donors (Lipinski definition) is 3. The van der Waals surface area contributed by atoms with Crippen molar-refractivity contribution < 1.29 is 9.53 Å². The third-order valence-corrected chi connectivity index (χ3v) is 5.47. The summed E-state index contributed by atoms with van der Waals surface area (Å²) in [6, 6.07) is 16.1. The maximum atomic E-state index is 12.6. The summed E-state index contributed by atoms with van der Waals surface area (Å²) in [5.74, 6) is 1.82. The number of aromatic amines is 1. The van der Waals surface area contributed by atoms with Crippen molar-refractivity contribution in [1.29, 1.82) is 0 Å². The van der Waals surface area contributed by atoms with Crippen LogP contribution in [0.1, 0.15) is 31.2 Å². The molecule has 28 heavy (non-hydrogen) atoms. The maximum absolute atomic E-state index is 12.6. The molecule has 1 aliphatic carbocycles. The van der Waals surface area contributed by atoms with E-state index in [4.69, 9.17) is 4.74 Å². The molecule has 146 valence electrons. The molecule has 0 radical (unpaired) electrons. The van der Waals surface area contributed by atoms with Gasteiger partial charge in [-0.3, -0.25) is 4.79 Å². The van der Waals surface area contributed by atoms with Crippen molar-refractivity contribution in [3.63, 3.8) is 0 Å². The first kappa shape index (κ1) is 18.3. The largest absolute Gasteiger partial charge is 0.496 e. The Labute approximate surface area is 164 Å². The zero-order chi connectivity index (χ0) is 19.3. The molecular weight excluding hydrogens is 352 g/mol. The fourth-order valence-corrected chi connectivity index (χ4v) is 3.89. The molecule has 0 bridgehead atoms. The highest BCUT2D eigenvalue weighted by atomic mass is 16.5. The van der Waals surface area contributed by atoms with Crippen molar-refractivity contribution >= 4 is 22.9 Å². The highest BCUT2D eigenvalue weighted by Gasteiger charge is 2.26. The van der Waals surface area contributed by atoms with Gasteiger partial charge in [0.05, 0.1) is 18.1 Å². The summed E-state index contributed by atoms with van der Waals surface area (Å²) in [6.45, 7) is 0.500. The second-order valence-corrected chi connectivity index (χ2v) is 7.33. The second-order valence-electron chi connectivity index (χ2n) is 7.33. The summed E-state index contributed by atoms with van der Waals surface area (Å²) in [5, 5.41) is 6.56. The van der Waals surface area contributed by atoms with E-state index >= 15 is 0 Å². The molecule has 6 heteroatoms. The molecule has 3 N–H and O–H groups in total. The third kappa shape index (κ3) is 4.11. The van der Waals surface area contributed by atoms with Crippen LogP contribution in [-0.4, -0.2) is 29.0 Å². The van der Waals surface area contributed by atoms with Gasteiger partial charge in [0, 0.05) is 24.1 Å². The van der Waals surface area contributed by atoms with Crippen LogP contribution in [0.25, 0.3) is 11.0 Å². The van der Waals surface area contributed by atoms with Gasteiger partial charge in [-0.1, -0.05) is 30.3 Å². The van der Waals surface area contributed by atoms with E-state index in [9.17, 15) is 4.79 Å². The van der Waals surface area contributed by atoms with Gasteiger partial charge in [-0.25, -0.2) is 4.98 Å². The molecule has 1 heterocycles. The molecule has 2 aromatic carbocycles. The number of hydrogen-bond acceptors (Lipinski definition) is 4. The minimum Gasteiger partial charge on any atom is -0.496 e. The standard InChI is InChI=1S/C22H26N4O2/c1-28-20-9-5-2-6-16(20)14-23-21(27)15-10-12-17(13-11-15)24-22-25-18-7-3-4-8-19(18)26-22/h2-9,15,17H,10-14H2,1H3,(H,23,27)(H2,24,25,26)/t15-,17-. The van der Waals surface area contributed by atoms with Gasteiger partial charge in [-0.05, 0) is 43.9 Å². The van der Waals surface area contributed by atoms with E-state index in [0.29, 0.717) is 12.6 Å². The topological polar surface area (TPSA) is 79.0 Å². The van der Waals surface area contributed by atoms with Crippen LogP contribution in [0.2, 0.25) is 0 Å². The molecule has 1 amide bonds. The van der Waals surface area contributed by atoms with Gasteiger partial charge in [0.1, 0.15) is 5.75 Å². The first-order valence-electron chi connectivity index (χ1n) is 9.84. The molecular formula is C22H26N4O2. The molecule has 1 fully saturated rings. The lowest BCUT2D eigenvalue weighted by atomic mass is 9.85. The van der Waals surface area contributed by atoms with Crippen LogP contribution in [0.4, 0.5) is 5.95 Å².